The minimum absolute atomic E-state index is 0.0950. The Morgan fingerprint density at radius 2 is 1.42 bits per heavy atom. The highest BCUT2D eigenvalue weighted by Crippen LogP contribution is 2.60. The summed E-state index contributed by atoms with van der Waals surface area (Å²) in [6.07, 6.45) is 10.1. The molecule has 0 radical (unpaired) electrons. The number of ketones is 1. The van der Waals surface area contributed by atoms with Gasteiger partial charge in [0.25, 0.3) is 0 Å². The number of Topliss-reactive ketones (excluding diaryl/α,β-unsaturated/α-hetero) is 1. The Kier molecular flexibility index (Phi) is 6.99. The lowest BCUT2D eigenvalue weighted by atomic mass is 9.50. The van der Waals surface area contributed by atoms with Gasteiger partial charge in [-0.2, -0.15) is 0 Å². The summed E-state index contributed by atoms with van der Waals surface area (Å²) in [6, 6.07) is 6.02. The molecule has 2 atom stereocenters. The van der Waals surface area contributed by atoms with Crippen LogP contribution in [0.3, 0.4) is 0 Å². The molecule has 206 valence electrons. The Labute approximate surface area is 225 Å². The number of benzene rings is 1. The van der Waals surface area contributed by atoms with E-state index in [-0.39, 0.29) is 29.8 Å². The smallest absolute Gasteiger partial charge is 0.410 e. The predicted octanol–water partition coefficient (Wildman–Crippen LogP) is 4.45. The predicted molar refractivity (Wildman–Crippen MR) is 140 cm³/mol. The molecule has 0 N–H and O–H groups in total. The Balaban J connectivity index is 1.04. The summed E-state index contributed by atoms with van der Waals surface area (Å²) in [5, 5.41) is 0. The number of carbonyl (C=O) groups is 3. The molecule has 1 aromatic carbocycles. The van der Waals surface area contributed by atoms with Crippen LogP contribution in [0.15, 0.2) is 24.3 Å². The molecule has 4 bridgehead atoms. The highest BCUT2D eigenvalue weighted by Gasteiger charge is 2.52. The van der Waals surface area contributed by atoms with Crippen LogP contribution in [0.5, 0.6) is 11.5 Å². The fraction of sp³-hybridized carbons (Fsp3) is 0.700. The Morgan fingerprint density at radius 3 is 2.05 bits per heavy atom. The molecule has 4 saturated carbocycles. The van der Waals surface area contributed by atoms with E-state index in [1.54, 1.807) is 41.2 Å². The highest BCUT2D eigenvalue weighted by molar-refractivity contribution is 5.93. The van der Waals surface area contributed by atoms with Gasteiger partial charge in [-0.15, -0.1) is 0 Å². The van der Waals surface area contributed by atoms with Gasteiger partial charge in [-0.3, -0.25) is 14.5 Å². The van der Waals surface area contributed by atoms with E-state index in [1.165, 1.54) is 38.5 Å². The van der Waals surface area contributed by atoms with Crippen molar-refractivity contribution in [3.05, 3.63) is 24.3 Å². The first-order valence-electron chi connectivity index (χ1n) is 14.5. The van der Waals surface area contributed by atoms with Crippen LogP contribution < -0.4 is 9.47 Å². The fourth-order valence-electron chi connectivity index (χ4n) is 8.49. The third kappa shape index (κ3) is 4.98. The number of carbonyl (C=O) groups excluding carboxylic acids is 3. The van der Waals surface area contributed by atoms with Crippen molar-refractivity contribution < 1.29 is 28.6 Å². The summed E-state index contributed by atoms with van der Waals surface area (Å²) in [4.78, 5) is 43.2. The average molecular weight is 525 g/mol. The molecule has 2 amide bonds. The molecule has 1 aromatic rings. The van der Waals surface area contributed by atoms with Crippen LogP contribution in [0.2, 0.25) is 0 Å². The standard InChI is InChI=1S/C30H40N2O6/c1-36-23-6-8-24(9-7-23)37-18-27(33)25-4-2-10-31(25)28(34)26-5-3-11-32(26)29(35)38-19-30-15-20-12-21(16-30)14-22(13-20)17-30/h6-9,20-22,25-26H,2-5,10-19H2,1H3/t20?,21?,22?,25-,26+,30?/m0/s1. The molecule has 6 aliphatic rings. The number of hydrogen-bond donors (Lipinski definition) is 0. The van der Waals surface area contributed by atoms with Crippen LogP contribution in [0.1, 0.15) is 64.2 Å². The maximum atomic E-state index is 13.6. The second-order valence-corrected chi connectivity index (χ2v) is 12.4. The van der Waals surface area contributed by atoms with Gasteiger partial charge in [0.2, 0.25) is 5.91 Å². The Bertz CT molecular complexity index is 1020. The van der Waals surface area contributed by atoms with Crippen LogP contribution in [0.4, 0.5) is 4.79 Å². The van der Waals surface area contributed by atoms with E-state index in [0.717, 1.165) is 30.6 Å². The van der Waals surface area contributed by atoms with Crippen LogP contribution in [-0.2, 0) is 14.3 Å². The van der Waals surface area contributed by atoms with Gasteiger partial charge in [0.15, 0.2) is 5.78 Å². The lowest BCUT2D eigenvalue weighted by molar-refractivity contribution is -0.141. The Morgan fingerprint density at radius 1 is 0.842 bits per heavy atom. The SMILES string of the molecule is COc1ccc(OCC(=O)[C@@H]2CCCN2C(=O)[C@H]2CCCN2C(=O)OCC23CC4CC(CC(C4)C2)C3)cc1. The summed E-state index contributed by atoms with van der Waals surface area (Å²) in [5.41, 5.74) is 0.153. The van der Waals surface area contributed by atoms with Crippen molar-refractivity contribution in [2.24, 2.45) is 23.2 Å². The van der Waals surface area contributed by atoms with Crippen molar-refractivity contribution in [3.8, 4) is 11.5 Å². The first-order chi connectivity index (χ1) is 18.4. The van der Waals surface area contributed by atoms with Crippen molar-refractivity contribution in [1.29, 1.82) is 0 Å². The number of hydrogen-bond acceptors (Lipinski definition) is 6. The molecule has 2 saturated heterocycles. The monoisotopic (exact) mass is 524 g/mol. The second kappa shape index (κ2) is 10.4. The molecule has 6 fully saturated rings. The molecule has 8 heteroatoms. The van der Waals surface area contributed by atoms with Crippen molar-refractivity contribution >= 4 is 17.8 Å². The molecule has 0 spiro atoms. The van der Waals surface area contributed by atoms with Crippen molar-refractivity contribution in [2.45, 2.75) is 76.3 Å². The first kappa shape index (κ1) is 25.5. The normalized spacial score (nSPS) is 33.4. The third-order valence-corrected chi connectivity index (χ3v) is 9.79. The molecule has 38 heavy (non-hydrogen) atoms. The molecule has 2 heterocycles. The number of likely N-dealkylation sites (tertiary alicyclic amines) is 2. The second-order valence-electron chi connectivity index (χ2n) is 12.4. The zero-order valence-corrected chi connectivity index (χ0v) is 22.4. The van der Waals surface area contributed by atoms with Gasteiger partial charge in [-0.05, 0) is 106 Å². The van der Waals surface area contributed by atoms with Gasteiger partial charge in [-0.1, -0.05) is 0 Å². The maximum Gasteiger partial charge on any atom is 0.410 e. The van der Waals surface area contributed by atoms with Gasteiger partial charge in [0.05, 0.1) is 19.8 Å². The highest BCUT2D eigenvalue weighted by atomic mass is 16.6. The number of methoxy groups -OCH3 is 1. The van der Waals surface area contributed by atoms with Crippen LogP contribution in [0, 0.1) is 23.2 Å². The van der Waals surface area contributed by atoms with E-state index in [9.17, 15) is 14.4 Å². The molecule has 4 aliphatic carbocycles. The van der Waals surface area contributed by atoms with Crippen LogP contribution in [-0.4, -0.2) is 73.1 Å². The molecule has 7 rings (SSSR count). The molecule has 0 aromatic heterocycles. The van der Waals surface area contributed by atoms with E-state index in [2.05, 4.69) is 0 Å². The molecular weight excluding hydrogens is 484 g/mol. The number of nitrogens with zero attached hydrogens (tertiary/aromatic N) is 2. The maximum absolute atomic E-state index is 13.6. The zero-order valence-electron chi connectivity index (χ0n) is 22.4. The van der Waals surface area contributed by atoms with Crippen molar-refractivity contribution in [1.82, 2.24) is 9.80 Å². The van der Waals surface area contributed by atoms with E-state index in [0.29, 0.717) is 44.0 Å². The minimum atomic E-state index is -0.547. The van der Waals surface area contributed by atoms with Crippen molar-refractivity contribution in [2.75, 3.05) is 33.4 Å². The van der Waals surface area contributed by atoms with E-state index in [4.69, 9.17) is 14.2 Å². The summed E-state index contributed by atoms with van der Waals surface area (Å²) in [5.74, 6) is 3.47. The summed E-state index contributed by atoms with van der Waals surface area (Å²) in [7, 11) is 1.60. The number of amides is 2. The summed E-state index contributed by atoms with van der Waals surface area (Å²) >= 11 is 0. The summed E-state index contributed by atoms with van der Waals surface area (Å²) < 4.78 is 16.8. The fourth-order valence-corrected chi connectivity index (χ4v) is 8.49. The first-order valence-corrected chi connectivity index (χ1v) is 14.5. The van der Waals surface area contributed by atoms with E-state index >= 15 is 0 Å². The minimum Gasteiger partial charge on any atom is -0.497 e. The largest absolute Gasteiger partial charge is 0.497 e. The van der Waals surface area contributed by atoms with E-state index in [1.807, 2.05) is 0 Å². The third-order valence-electron chi connectivity index (χ3n) is 9.79. The quantitative estimate of drug-likeness (QED) is 0.500. The Hall–Kier alpha value is -2.77. The molecule has 2 aliphatic heterocycles. The zero-order chi connectivity index (χ0) is 26.3. The van der Waals surface area contributed by atoms with Crippen LogP contribution >= 0.6 is 0 Å². The van der Waals surface area contributed by atoms with Gasteiger partial charge in [0.1, 0.15) is 24.1 Å². The van der Waals surface area contributed by atoms with Gasteiger partial charge < -0.3 is 19.1 Å². The van der Waals surface area contributed by atoms with Gasteiger partial charge >= 0.3 is 6.09 Å². The molecule has 0 unspecified atom stereocenters. The van der Waals surface area contributed by atoms with Gasteiger partial charge in [0, 0.05) is 18.5 Å². The van der Waals surface area contributed by atoms with E-state index < -0.39 is 12.1 Å². The number of rotatable bonds is 8. The van der Waals surface area contributed by atoms with Crippen molar-refractivity contribution in [3.63, 3.8) is 0 Å². The number of ether oxygens (including phenoxy) is 3. The molecule has 8 nitrogen and oxygen atoms in total. The topological polar surface area (TPSA) is 85.4 Å². The molecular formula is C30H40N2O6. The summed E-state index contributed by atoms with van der Waals surface area (Å²) in [6.45, 7) is 1.45. The van der Waals surface area contributed by atoms with Crippen LogP contribution in [0.25, 0.3) is 0 Å². The average Bonchev–Trinajstić information content (AvgIpc) is 3.60. The lowest BCUT2D eigenvalue weighted by Gasteiger charge is -2.56. The van der Waals surface area contributed by atoms with Gasteiger partial charge in [-0.25, -0.2) is 4.79 Å². The lowest BCUT2D eigenvalue weighted by Crippen LogP contribution is -2.52.